The van der Waals surface area contributed by atoms with E-state index in [0.29, 0.717) is 6.42 Å². The minimum atomic E-state index is -0.915. The highest BCUT2D eigenvalue weighted by Gasteiger charge is 2.51. The summed E-state index contributed by atoms with van der Waals surface area (Å²) in [5, 5.41) is 28.5. The normalized spacial score (nSPS) is 32.8. The van der Waals surface area contributed by atoms with E-state index in [1.807, 2.05) is 0 Å². The summed E-state index contributed by atoms with van der Waals surface area (Å²) in [6.45, 7) is -0.237. The first-order valence-corrected chi connectivity index (χ1v) is 6.09. The smallest absolute Gasteiger partial charge is 0.184 e. The van der Waals surface area contributed by atoms with Gasteiger partial charge < -0.3 is 20.1 Å². The molecule has 1 aromatic rings. The lowest BCUT2D eigenvalue weighted by molar-refractivity contribution is -0.132. The van der Waals surface area contributed by atoms with E-state index in [9.17, 15) is 20.1 Å². The first-order chi connectivity index (χ1) is 9.05. The number of carbonyl (C=O) groups is 1. The Bertz CT molecular complexity index is 565. The second kappa shape index (κ2) is 4.08. The van der Waals surface area contributed by atoms with Gasteiger partial charge in [0.25, 0.3) is 0 Å². The van der Waals surface area contributed by atoms with Gasteiger partial charge in [0, 0.05) is 5.92 Å². The predicted molar refractivity (Wildman–Crippen MR) is 66.0 cm³/mol. The lowest BCUT2D eigenvalue weighted by atomic mass is 9.82. The van der Waals surface area contributed by atoms with Gasteiger partial charge in [-0.1, -0.05) is 6.07 Å². The fourth-order valence-corrected chi connectivity index (χ4v) is 2.84. The topological polar surface area (TPSA) is 87.0 Å². The molecule has 0 aromatic heterocycles. The van der Waals surface area contributed by atoms with Gasteiger partial charge in [-0.2, -0.15) is 0 Å². The number of ketones is 1. The Labute approximate surface area is 109 Å². The van der Waals surface area contributed by atoms with Crippen LogP contribution >= 0.6 is 0 Å². The summed E-state index contributed by atoms with van der Waals surface area (Å²) in [7, 11) is 0. The second-order valence-electron chi connectivity index (χ2n) is 4.99. The second-order valence-corrected chi connectivity index (χ2v) is 4.99. The van der Waals surface area contributed by atoms with Gasteiger partial charge in [0.05, 0.1) is 6.61 Å². The molecule has 0 radical (unpaired) electrons. The molecule has 5 heteroatoms. The Morgan fingerprint density at radius 2 is 2.11 bits per heavy atom. The number of aliphatic hydroxyl groups is 1. The van der Waals surface area contributed by atoms with Crippen molar-refractivity contribution in [3.63, 3.8) is 0 Å². The SMILES string of the molecule is O=C1C=C[C@]2(CO)O[C@@H]1C[C@@H]2c1ccc(O)c(O)c1. The molecule has 19 heavy (non-hydrogen) atoms. The number of phenolic OH excluding ortho intramolecular Hbond substituents is 2. The van der Waals surface area contributed by atoms with Crippen molar-refractivity contribution < 1.29 is 24.9 Å². The number of phenols is 2. The predicted octanol–water partition coefficient (Wildman–Crippen LogP) is 0.840. The molecule has 0 spiro atoms. The van der Waals surface area contributed by atoms with Crippen LogP contribution in [0, 0.1) is 0 Å². The maximum Gasteiger partial charge on any atom is 0.184 e. The Morgan fingerprint density at radius 1 is 1.32 bits per heavy atom. The minimum Gasteiger partial charge on any atom is -0.504 e. The van der Waals surface area contributed by atoms with Crippen LogP contribution in [-0.4, -0.2) is 39.4 Å². The number of hydrogen-bond donors (Lipinski definition) is 3. The van der Waals surface area contributed by atoms with Crippen LogP contribution in [0.25, 0.3) is 0 Å². The first kappa shape index (κ1) is 12.2. The van der Waals surface area contributed by atoms with E-state index in [-0.39, 0.29) is 29.8 Å². The van der Waals surface area contributed by atoms with Crippen LogP contribution in [0.3, 0.4) is 0 Å². The Kier molecular flexibility index (Phi) is 2.62. The van der Waals surface area contributed by atoms with Crippen molar-refractivity contribution >= 4 is 5.78 Å². The van der Waals surface area contributed by atoms with Crippen LogP contribution in [0.5, 0.6) is 11.5 Å². The molecule has 3 N–H and O–H groups in total. The van der Waals surface area contributed by atoms with Gasteiger partial charge in [-0.15, -0.1) is 0 Å². The monoisotopic (exact) mass is 262 g/mol. The third kappa shape index (κ3) is 1.74. The molecule has 0 unspecified atom stereocenters. The van der Waals surface area contributed by atoms with Crippen LogP contribution < -0.4 is 0 Å². The van der Waals surface area contributed by atoms with Crippen LogP contribution in [-0.2, 0) is 9.53 Å². The van der Waals surface area contributed by atoms with Gasteiger partial charge in [0.15, 0.2) is 17.3 Å². The molecule has 5 nitrogen and oxygen atoms in total. The molecule has 0 amide bonds. The van der Waals surface area contributed by atoms with Crippen LogP contribution in [0.4, 0.5) is 0 Å². The standard InChI is InChI=1S/C14H14O5/c15-7-14-4-3-11(17)13(19-14)6-9(14)8-1-2-10(16)12(18)5-8/h1-5,9,13,15-16,18H,6-7H2/t9-,13-,14-/m1/s1. The highest BCUT2D eigenvalue weighted by Crippen LogP contribution is 2.47. The molecule has 100 valence electrons. The van der Waals surface area contributed by atoms with Crippen molar-refractivity contribution in [2.75, 3.05) is 6.61 Å². The first-order valence-electron chi connectivity index (χ1n) is 6.09. The maximum atomic E-state index is 11.6. The summed E-state index contributed by atoms with van der Waals surface area (Å²) in [6.07, 6.45) is 2.95. The third-order valence-electron chi connectivity index (χ3n) is 3.90. The number of benzene rings is 1. The average molecular weight is 262 g/mol. The van der Waals surface area contributed by atoms with E-state index in [2.05, 4.69) is 0 Å². The van der Waals surface area contributed by atoms with Gasteiger partial charge in [-0.05, 0) is 36.3 Å². The number of carbonyl (C=O) groups excluding carboxylic acids is 1. The molecule has 2 heterocycles. The molecule has 2 bridgehead atoms. The number of ether oxygens (including phenoxy) is 1. The zero-order chi connectivity index (χ0) is 13.6. The number of rotatable bonds is 2. The van der Waals surface area contributed by atoms with E-state index < -0.39 is 11.7 Å². The molecular formula is C14H14O5. The van der Waals surface area contributed by atoms with E-state index in [1.54, 1.807) is 12.1 Å². The number of fused-ring (bicyclic) bond motifs is 2. The maximum absolute atomic E-state index is 11.6. The number of aromatic hydroxyl groups is 2. The molecule has 0 saturated carbocycles. The van der Waals surface area contributed by atoms with Gasteiger partial charge in [0.2, 0.25) is 0 Å². The van der Waals surface area contributed by atoms with Crippen molar-refractivity contribution in [2.45, 2.75) is 24.0 Å². The third-order valence-corrected chi connectivity index (χ3v) is 3.90. The lowest BCUT2D eigenvalue weighted by Gasteiger charge is -2.31. The summed E-state index contributed by atoms with van der Waals surface area (Å²) in [4.78, 5) is 11.6. The number of aliphatic hydroxyl groups excluding tert-OH is 1. The van der Waals surface area contributed by atoms with E-state index >= 15 is 0 Å². The molecule has 2 aliphatic heterocycles. The zero-order valence-corrected chi connectivity index (χ0v) is 10.1. The quantitative estimate of drug-likeness (QED) is 0.687. The molecule has 3 atom stereocenters. The van der Waals surface area contributed by atoms with E-state index in [4.69, 9.17) is 4.74 Å². The summed E-state index contributed by atoms with van der Waals surface area (Å²) >= 11 is 0. The molecule has 3 rings (SSSR count). The summed E-state index contributed by atoms with van der Waals surface area (Å²) in [6, 6.07) is 4.50. The van der Waals surface area contributed by atoms with Crippen molar-refractivity contribution in [1.29, 1.82) is 0 Å². The molecular weight excluding hydrogens is 248 g/mol. The van der Waals surface area contributed by atoms with E-state index in [1.165, 1.54) is 18.2 Å². The van der Waals surface area contributed by atoms with Crippen molar-refractivity contribution in [3.8, 4) is 11.5 Å². The fourth-order valence-electron chi connectivity index (χ4n) is 2.84. The van der Waals surface area contributed by atoms with Gasteiger partial charge in [-0.3, -0.25) is 4.79 Å². The summed E-state index contributed by atoms with van der Waals surface area (Å²) in [5.74, 6) is -0.746. The molecule has 2 aliphatic rings. The van der Waals surface area contributed by atoms with Crippen LogP contribution in [0.1, 0.15) is 17.9 Å². The molecule has 1 saturated heterocycles. The highest BCUT2D eigenvalue weighted by atomic mass is 16.5. The Hall–Kier alpha value is -1.85. The zero-order valence-electron chi connectivity index (χ0n) is 10.1. The van der Waals surface area contributed by atoms with Crippen molar-refractivity contribution in [3.05, 3.63) is 35.9 Å². The number of hydrogen-bond acceptors (Lipinski definition) is 5. The Balaban J connectivity index is 2.03. The lowest BCUT2D eigenvalue weighted by Crippen LogP contribution is -2.39. The Morgan fingerprint density at radius 3 is 2.79 bits per heavy atom. The van der Waals surface area contributed by atoms with Crippen LogP contribution in [0.2, 0.25) is 0 Å². The highest BCUT2D eigenvalue weighted by molar-refractivity contribution is 5.95. The van der Waals surface area contributed by atoms with Crippen LogP contribution in [0.15, 0.2) is 30.4 Å². The van der Waals surface area contributed by atoms with Gasteiger partial charge in [-0.25, -0.2) is 0 Å². The minimum absolute atomic E-state index is 0.102. The largest absolute Gasteiger partial charge is 0.504 e. The molecule has 0 aliphatic carbocycles. The average Bonchev–Trinajstić information content (AvgIpc) is 2.74. The fraction of sp³-hybridized carbons (Fsp3) is 0.357. The molecule has 1 fully saturated rings. The van der Waals surface area contributed by atoms with Crippen molar-refractivity contribution in [2.24, 2.45) is 0 Å². The summed E-state index contributed by atoms with van der Waals surface area (Å²) < 4.78 is 5.65. The van der Waals surface area contributed by atoms with Gasteiger partial charge in [0.1, 0.15) is 11.7 Å². The van der Waals surface area contributed by atoms with E-state index in [0.717, 1.165) is 5.56 Å². The molecule has 1 aromatic carbocycles. The summed E-state index contributed by atoms with van der Waals surface area (Å²) in [5.41, 5.74) is -0.187. The van der Waals surface area contributed by atoms with Crippen molar-refractivity contribution in [1.82, 2.24) is 0 Å². The van der Waals surface area contributed by atoms with Gasteiger partial charge >= 0.3 is 0 Å².